The van der Waals surface area contributed by atoms with E-state index in [4.69, 9.17) is 4.99 Å². The Morgan fingerprint density at radius 3 is 2.50 bits per heavy atom. The molecule has 0 bridgehead atoms. The lowest BCUT2D eigenvalue weighted by molar-refractivity contribution is 0.448. The number of halogens is 1. The Morgan fingerprint density at radius 1 is 1.29 bits per heavy atom. The summed E-state index contributed by atoms with van der Waals surface area (Å²) in [6.07, 6.45) is 1.57. The van der Waals surface area contributed by atoms with Gasteiger partial charge in [-0.3, -0.25) is 9.36 Å². The first kappa shape index (κ1) is 20.4. The van der Waals surface area contributed by atoms with Gasteiger partial charge >= 0.3 is 0 Å². The topological polar surface area (TPSA) is 76.2 Å². The number of nitrogens with one attached hydrogen (secondary N) is 1. The molecule has 1 N–H and O–H groups in total. The van der Waals surface area contributed by atoms with Crippen LogP contribution in [0.25, 0.3) is 0 Å². The Bertz CT molecular complexity index is 688. The van der Waals surface area contributed by atoms with Gasteiger partial charge in [0.05, 0.1) is 18.8 Å². The average molecular weight is 446 g/mol. The van der Waals surface area contributed by atoms with Crippen LogP contribution in [-0.4, -0.2) is 49.0 Å². The van der Waals surface area contributed by atoms with E-state index in [1.54, 1.807) is 11.0 Å². The maximum Gasteiger partial charge on any atom is 0.194 e. The van der Waals surface area contributed by atoms with Crippen molar-refractivity contribution in [2.45, 2.75) is 33.9 Å². The minimum absolute atomic E-state index is 0. The van der Waals surface area contributed by atoms with E-state index in [0.29, 0.717) is 13.1 Å². The zero-order chi connectivity index (χ0) is 17.0. The number of hydrogen-bond donors (Lipinski definition) is 1. The number of aliphatic imine (C=N–C) groups is 1. The summed E-state index contributed by atoms with van der Waals surface area (Å²) in [5, 5.41) is 11.9. The molecule has 0 saturated carbocycles. The predicted molar refractivity (Wildman–Crippen MR) is 105 cm³/mol. The summed E-state index contributed by atoms with van der Waals surface area (Å²) in [6.45, 7) is 8.22. The van der Waals surface area contributed by atoms with Crippen molar-refractivity contribution in [1.29, 1.82) is 0 Å². The molecule has 0 saturated heterocycles. The molecule has 2 aromatic heterocycles. The summed E-state index contributed by atoms with van der Waals surface area (Å²) in [5.41, 5.74) is 3.36. The van der Waals surface area contributed by atoms with Gasteiger partial charge in [0.15, 0.2) is 5.96 Å². The zero-order valence-corrected chi connectivity index (χ0v) is 17.6. The van der Waals surface area contributed by atoms with E-state index in [-0.39, 0.29) is 24.0 Å². The second kappa shape index (κ2) is 9.00. The Kier molecular flexibility index (Phi) is 7.64. The summed E-state index contributed by atoms with van der Waals surface area (Å²) in [7, 11) is 5.85. The van der Waals surface area contributed by atoms with Gasteiger partial charge in [-0.2, -0.15) is 10.2 Å². The summed E-state index contributed by atoms with van der Waals surface area (Å²) >= 11 is 0. The highest BCUT2D eigenvalue weighted by atomic mass is 127. The van der Waals surface area contributed by atoms with Gasteiger partial charge in [-0.15, -0.1) is 24.0 Å². The van der Waals surface area contributed by atoms with Gasteiger partial charge in [-0.05, 0) is 20.8 Å². The summed E-state index contributed by atoms with van der Waals surface area (Å²) in [6, 6.07) is 0. The fourth-order valence-electron chi connectivity index (χ4n) is 2.42. The summed E-state index contributed by atoms with van der Waals surface area (Å²) in [4.78, 5) is 11.1. The third kappa shape index (κ3) is 4.68. The quantitative estimate of drug-likeness (QED) is 0.427. The monoisotopic (exact) mass is 446 g/mol. The first-order valence-electron chi connectivity index (χ1n) is 7.75. The van der Waals surface area contributed by atoms with Crippen molar-refractivity contribution in [3.63, 3.8) is 0 Å². The maximum atomic E-state index is 4.75. The van der Waals surface area contributed by atoms with Gasteiger partial charge < -0.3 is 10.2 Å². The van der Waals surface area contributed by atoms with Crippen LogP contribution in [0.3, 0.4) is 0 Å². The fourth-order valence-corrected chi connectivity index (χ4v) is 2.42. The van der Waals surface area contributed by atoms with E-state index in [9.17, 15) is 0 Å². The number of rotatable bonds is 5. The van der Waals surface area contributed by atoms with E-state index in [1.807, 2.05) is 32.7 Å². The molecule has 8 nitrogen and oxygen atoms in total. The zero-order valence-electron chi connectivity index (χ0n) is 15.2. The van der Waals surface area contributed by atoms with Crippen molar-refractivity contribution in [2.24, 2.45) is 19.1 Å². The third-order valence-corrected chi connectivity index (χ3v) is 3.93. The molecular formula is C15H27IN8. The van der Waals surface area contributed by atoms with E-state index >= 15 is 0 Å². The SMILES string of the molecule is CCNC(=NCc1c(C)nn(C)c1C)N(C)Cc1ncnn1C.I. The van der Waals surface area contributed by atoms with Crippen LogP contribution in [0.2, 0.25) is 0 Å². The highest BCUT2D eigenvalue weighted by Gasteiger charge is 2.12. The van der Waals surface area contributed by atoms with Crippen molar-refractivity contribution in [3.05, 3.63) is 29.1 Å². The van der Waals surface area contributed by atoms with Crippen molar-refractivity contribution in [2.75, 3.05) is 13.6 Å². The molecule has 0 aromatic carbocycles. The van der Waals surface area contributed by atoms with Crippen molar-refractivity contribution in [1.82, 2.24) is 34.8 Å². The van der Waals surface area contributed by atoms with E-state index in [2.05, 4.69) is 39.2 Å². The van der Waals surface area contributed by atoms with Crippen molar-refractivity contribution >= 4 is 29.9 Å². The standard InChI is InChI=1S/C15H26N8.HI/c1-7-16-15(21(4)9-14-18-10-19-23(14)6)17-8-13-11(2)20-22(5)12(13)3;/h10H,7-9H2,1-6H3,(H,16,17);1H. The molecule has 0 amide bonds. The van der Waals surface area contributed by atoms with Gasteiger partial charge in [-0.25, -0.2) is 9.98 Å². The molecule has 134 valence electrons. The Hall–Kier alpha value is -1.65. The van der Waals surface area contributed by atoms with Crippen LogP contribution in [0.4, 0.5) is 0 Å². The number of nitrogens with zero attached hydrogens (tertiary/aromatic N) is 7. The lowest BCUT2D eigenvalue weighted by Gasteiger charge is -2.21. The molecular weight excluding hydrogens is 419 g/mol. The smallest absolute Gasteiger partial charge is 0.194 e. The van der Waals surface area contributed by atoms with E-state index in [0.717, 1.165) is 29.7 Å². The number of hydrogen-bond acceptors (Lipinski definition) is 4. The fraction of sp³-hybridized carbons (Fsp3) is 0.600. The van der Waals surface area contributed by atoms with Crippen LogP contribution in [0.5, 0.6) is 0 Å². The number of aromatic nitrogens is 5. The normalized spacial score (nSPS) is 11.3. The predicted octanol–water partition coefficient (Wildman–Crippen LogP) is 1.38. The van der Waals surface area contributed by atoms with Crippen molar-refractivity contribution in [3.8, 4) is 0 Å². The van der Waals surface area contributed by atoms with Crippen LogP contribution in [0.15, 0.2) is 11.3 Å². The second-order valence-electron chi connectivity index (χ2n) is 5.60. The highest BCUT2D eigenvalue weighted by molar-refractivity contribution is 14.0. The average Bonchev–Trinajstić information content (AvgIpc) is 3.00. The van der Waals surface area contributed by atoms with Gasteiger partial charge in [0.25, 0.3) is 0 Å². The van der Waals surface area contributed by atoms with E-state index < -0.39 is 0 Å². The first-order valence-corrected chi connectivity index (χ1v) is 7.75. The Morgan fingerprint density at radius 2 is 2.00 bits per heavy atom. The van der Waals surface area contributed by atoms with Crippen LogP contribution in [0.1, 0.15) is 29.7 Å². The number of aryl methyl sites for hydroxylation is 3. The lowest BCUT2D eigenvalue weighted by atomic mass is 10.2. The molecule has 2 aromatic rings. The Balaban J connectivity index is 0.00000288. The van der Waals surface area contributed by atoms with Crippen molar-refractivity contribution < 1.29 is 0 Å². The van der Waals surface area contributed by atoms with Gasteiger partial charge in [0.2, 0.25) is 0 Å². The molecule has 0 aliphatic heterocycles. The molecule has 0 unspecified atom stereocenters. The molecule has 0 atom stereocenters. The highest BCUT2D eigenvalue weighted by Crippen LogP contribution is 2.13. The number of guanidine groups is 1. The van der Waals surface area contributed by atoms with Gasteiger partial charge in [0.1, 0.15) is 12.2 Å². The molecule has 0 aliphatic carbocycles. The van der Waals surface area contributed by atoms with Crippen LogP contribution < -0.4 is 5.32 Å². The van der Waals surface area contributed by atoms with Gasteiger partial charge in [0, 0.05) is 38.9 Å². The summed E-state index contributed by atoms with van der Waals surface area (Å²) < 4.78 is 3.67. The van der Waals surface area contributed by atoms with Gasteiger partial charge in [-0.1, -0.05) is 0 Å². The summed E-state index contributed by atoms with van der Waals surface area (Å²) in [5.74, 6) is 1.74. The van der Waals surface area contributed by atoms with Crippen LogP contribution in [0, 0.1) is 13.8 Å². The molecule has 0 spiro atoms. The third-order valence-electron chi connectivity index (χ3n) is 3.93. The molecule has 2 heterocycles. The minimum Gasteiger partial charge on any atom is -0.357 e. The first-order chi connectivity index (χ1) is 10.9. The van der Waals surface area contributed by atoms with E-state index in [1.165, 1.54) is 5.56 Å². The molecule has 2 rings (SSSR count). The molecule has 0 radical (unpaired) electrons. The van der Waals surface area contributed by atoms with Crippen LogP contribution >= 0.6 is 24.0 Å². The lowest BCUT2D eigenvalue weighted by Crippen LogP contribution is -2.39. The second-order valence-corrected chi connectivity index (χ2v) is 5.60. The maximum absolute atomic E-state index is 4.75. The molecule has 0 fully saturated rings. The molecule has 0 aliphatic rings. The largest absolute Gasteiger partial charge is 0.357 e. The molecule has 9 heteroatoms. The molecule has 24 heavy (non-hydrogen) atoms. The minimum atomic E-state index is 0. The Labute approximate surface area is 160 Å². The van der Waals surface area contributed by atoms with Crippen LogP contribution in [-0.2, 0) is 27.2 Å².